The molecule has 5 heteroatoms. The third-order valence-electron chi connectivity index (χ3n) is 3.71. The molecule has 0 saturated carbocycles. The normalized spacial score (nSPS) is 19.0. The molecule has 0 amide bonds. The average Bonchev–Trinajstić information content (AvgIpc) is 2.56. The van der Waals surface area contributed by atoms with Gasteiger partial charge in [0, 0.05) is 36.8 Å². The van der Waals surface area contributed by atoms with E-state index in [0.29, 0.717) is 0 Å². The molecule has 0 radical (unpaired) electrons. The number of rotatable bonds is 5. The zero-order chi connectivity index (χ0) is 15.2. The molecule has 1 saturated heterocycles. The zero-order valence-corrected chi connectivity index (χ0v) is 14.0. The average molecular weight is 362 g/mol. The first-order valence-corrected chi connectivity index (χ1v) is 8.32. The SMILES string of the molecule is Brc1ccc(NCC2CN(Cc3ccccc3)CCO2)nc1. The van der Waals surface area contributed by atoms with E-state index in [1.807, 2.05) is 12.1 Å². The number of anilines is 1. The number of morpholine rings is 1. The number of aromatic nitrogens is 1. The van der Waals surface area contributed by atoms with Gasteiger partial charge in [0.2, 0.25) is 0 Å². The molecular formula is C17H20BrN3O. The minimum absolute atomic E-state index is 0.197. The van der Waals surface area contributed by atoms with E-state index in [1.165, 1.54) is 5.56 Å². The van der Waals surface area contributed by atoms with Crippen LogP contribution in [0.1, 0.15) is 5.56 Å². The van der Waals surface area contributed by atoms with E-state index in [0.717, 1.165) is 43.1 Å². The fourth-order valence-corrected chi connectivity index (χ4v) is 2.82. The fourth-order valence-electron chi connectivity index (χ4n) is 2.59. The Labute approximate surface area is 139 Å². The fraction of sp³-hybridized carbons (Fsp3) is 0.353. The predicted molar refractivity (Wildman–Crippen MR) is 91.9 cm³/mol. The molecular weight excluding hydrogens is 342 g/mol. The van der Waals surface area contributed by atoms with Crippen molar-refractivity contribution in [3.8, 4) is 0 Å². The Morgan fingerprint density at radius 3 is 2.86 bits per heavy atom. The van der Waals surface area contributed by atoms with Crippen LogP contribution in [0, 0.1) is 0 Å². The summed E-state index contributed by atoms with van der Waals surface area (Å²) in [5, 5.41) is 3.34. The van der Waals surface area contributed by atoms with E-state index in [-0.39, 0.29) is 6.10 Å². The van der Waals surface area contributed by atoms with Crippen LogP contribution in [0.15, 0.2) is 53.1 Å². The maximum Gasteiger partial charge on any atom is 0.126 e. The first-order chi connectivity index (χ1) is 10.8. The van der Waals surface area contributed by atoms with Gasteiger partial charge in [-0.1, -0.05) is 30.3 Å². The minimum atomic E-state index is 0.197. The quantitative estimate of drug-likeness (QED) is 0.887. The van der Waals surface area contributed by atoms with E-state index in [4.69, 9.17) is 4.74 Å². The van der Waals surface area contributed by atoms with Crippen molar-refractivity contribution in [1.29, 1.82) is 0 Å². The monoisotopic (exact) mass is 361 g/mol. The molecule has 1 aromatic carbocycles. The standard InChI is InChI=1S/C17H20BrN3O/c18-15-6-7-17(19-10-15)20-11-16-13-21(8-9-22-16)12-14-4-2-1-3-5-14/h1-7,10,16H,8-9,11-13H2,(H,19,20). The molecule has 1 aliphatic heterocycles. The number of nitrogens with zero attached hydrogens (tertiary/aromatic N) is 2. The summed E-state index contributed by atoms with van der Waals surface area (Å²) in [6.07, 6.45) is 1.99. The van der Waals surface area contributed by atoms with E-state index in [9.17, 15) is 0 Å². The summed E-state index contributed by atoms with van der Waals surface area (Å²) >= 11 is 3.39. The van der Waals surface area contributed by atoms with Crippen molar-refractivity contribution < 1.29 is 4.74 Å². The van der Waals surface area contributed by atoms with Crippen LogP contribution in [0.3, 0.4) is 0 Å². The molecule has 1 unspecified atom stereocenters. The summed E-state index contributed by atoms with van der Waals surface area (Å²) in [4.78, 5) is 6.77. The van der Waals surface area contributed by atoms with Crippen molar-refractivity contribution >= 4 is 21.7 Å². The molecule has 0 aliphatic carbocycles. The second kappa shape index (κ2) is 7.72. The van der Waals surface area contributed by atoms with Crippen LogP contribution in [0.4, 0.5) is 5.82 Å². The molecule has 1 fully saturated rings. The molecule has 1 N–H and O–H groups in total. The maximum atomic E-state index is 5.85. The van der Waals surface area contributed by atoms with Gasteiger partial charge in [0.05, 0.1) is 12.7 Å². The van der Waals surface area contributed by atoms with Gasteiger partial charge in [-0.15, -0.1) is 0 Å². The third-order valence-corrected chi connectivity index (χ3v) is 4.18. The number of hydrogen-bond donors (Lipinski definition) is 1. The van der Waals surface area contributed by atoms with Crippen LogP contribution in [0.5, 0.6) is 0 Å². The lowest BCUT2D eigenvalue weighted by atomic mass is 10.2. The van der Waals surface area contributed by atoms with Crippen LogP contribution in [-0.4, -0.2) is 42.2 Å². The zero-order valence-electron chi connectivity index (χ0n) is 12.4. The summed E-state index contributed by atoms with van der Waals surface area (Å²) in [6.45, 7) is 4.48. The van der Waals surface area contributed by atoms with Crippen molar-refractivity contribution in [2.45, 2.75) is 12.6 Å². The molecule has 22 heavy (non-hydrogen) atoms. The maximum absolute atomic E-state index is 5.85. The van der Waals surface area contributed by atoms with Crippen molar-refractivity contribution in [3.63, 3.8) is 0 Å². The summed E-state index contributed by atoms with van der Waals surface area (Å²) in [7, 11) is 0. The number of pyridine rings is 1. The van der Waals surface area contributed by atoms with Crippen LogP contribution in [-0.2, 0) is 11.3 Å². The lowest BCUT2D eigenvalue weighted by Gasteiger charge is -2.33. The van der Waals surface area contributed by atoms with Crippen LogP contribution < -0.4 is 5.32 Å². The molecule has 2 aromatic rings. The Morgan fingerprint density at radius 1 is 1.23 bits per heavy atom. The Kier molecular flexibility index (Phi) is 5.43. The Hall–Kier alpha value is -1.43. The number of ether oxygens (including phenoxy) is 1. The molecule has 116 valence electrons. The largest absolute Gasteiger partial charge is 0.374 e. The Morgan fingerprint density at radius 2 is 2.09 bits per heavy atom. The van der Waals surface area contributed by atoms with E-state index < -0.39 is 0 Å². The van der Waals surface area contributed by atoms with Crippen molar-refractivity contribution in [2.75, 3.05) is 31.6 Å². The van der Waals surface area contributed by atoms with Gasteiger partial charge in [-0.3, -0.25) is 4.90 Å². The summed E-state index contributed by atoms with van der Waals surface area (Å²) in [6, 6.07) is 14.5. The molecule has 0 bridgehead atoms. The van der Waals surface area contributed by atoms with Gasteiger partial charge in [0.1, 0.15) is 5.82 Å². The van der Waals surface area contributed by atoms with Crippen LogP contribution >= 0.6 is 15.9 Å². The highest BCUT2D eigenvalue weighted by atomic mass is 79.9. The smallest absolute Gasteiger partial charge is 0.126 e. The first kappa shape index (κ1) is 15.5. The van der Waals surface area contributed by atoms with Gasteiger partial charge in [0.25, 0.3) is 0 Å². The highest BCUT2D eigenvalue weighted by Gasteiger charge is 2.20. The van der Waals surface area contributed by atoms with E-state index in [2.05, 4.69) is 61.5 Å². The highest BCUT2D eigenvalue weighted by molar-refractivity contribution is 9.10. The Balaban J connectivity index is 1.49. The number of nitrogens with one attached hydrogen (secondary N) is 1. The predicted octanol–water partition coefficient (Wildman–Crippen LogP) is 3.16. The van der Waals surface area contributed by atoms with Gasteiger partial charge < -0.3 is 10.1 Å². The van der Waals surface area contributed by atoms with Gasteiger partial charge >= 0.3 is 0 Å². The van der Waals surface area contributed by atoms with E-state index in [1.54, 1.807) is 6.20 Å². The summed E-state index contributed by atoms with van der Waals surface area (Å²) in [5.41, 5.74) is 1.35. The lowest BCUT2D eigenvalue weighted by molar-refractivity contribution is -0.0240. The van der Waals surface area contributed by atoms with Crippen LogP contribution in [0.2, 0.25) is 0 Å². The van der Waals surface area contributed by atoms with Crippen molar-refractivity contribution in [2.24, 2.45) is 0 Å². The van der Waals surface area contributed by atoms with Gasteiger partial charge in [-0.2, -0.15) is 0 Å². The molecule has 4 nitrogen and oxygen atoms in total. The Bertz CT molecular complexity index is 576. The highest BCUT2D eigenvalue weighted by Crippen LogP contribution is 2.13. The molecule has 0 spiro atoms. The van der Waals surface area contributed by atoms with Gasteiger partial charge in [-0.25, -0.2) is 4.98 Å². The number of halogens is 1. The molecule has 1 aliphatic rings. The molecule has 1 aromatic heterocycles. The lowest BCUT2D eigenvalue weighted by Crippen LogP contribution is -2.44. The summed E-state index contributed by atoms with van der Waals surface area (Å²) < 4.78 is 6.84. The van der Waals surface area contributed by atoms with Gasteiger partial charge in [-0.05, 0) is 33.6 Å². The number of hydrogen-bond acceptors (Lipinski definition) is 4. The van der Waals surface area contributed by atoms with Crippen molar-refractivity contribution in [1.82, 2.24) is 9.88 Å². The van der Waals surface area contributed by atoms with Crippen LogP contribution in [0.25, 0.3) is 0 Å². The molecule has 1 atom stereocenters. The topological polar surface area (TPSA) is 37.4 Å². The second-order valence-corrected chi connectivity index (χ2v) is 6.37. The van der Waals surface area contributed by atoms with Gasteiger partial charge in [0.15, 0.2) is 0 Å². The number of benzene rings is 1. The minimum Gasteiger partial charge on any atom is -0.374 e. The second-order valence-electron chi connectivity index (χ2n) is 5.46. The van der Waals surface area contributed by atoms with Crippen molar-refractivity contribution in [3.05, 3.63) is 58.7 Å². The first-order valence-electron chi connectivity index (χ1n) is 7.53. The molecule has 2 heterocycles. The van der Waals surface area contributed by atoms with E-state index >= 15 is 0 Å². The third kappa shape index (κ3) is 4.53. The molecule has 3 rings (SSSR count). The summed E-state index contributed by atoms with van der Waals surface area (Å²) in [5.74, 6) is 0.881.